The molecule has 3 rings (SSSR count). The molecular formula is C16H12N5O5-. The normalized spacial score (nSPS) is 11.1. The summed E-state index contributed by atoms with van der Waals surface area (Å²) in [6, 6.07) is 8.35. The van der Waals surface area contributed by atoms with Crippen molar-refractivity contribution in [2.45, 2.75) is 0 Å². The standard InChI is InChI=1S/C16H13N5O5/c1-20-8-10(7-17-26-9-12(22)23)18-13-14(20)19-16(25)21(15(13)24)11-5-3-2-4-6-11/h2-8H,9H2,1H3,(H,22,23)/p-1/b17-7+. The van der Waals surface area contributed by atoms with Gasteiger partial charge in [-0.05, 0) is 12.1 Å². The van der Waals surface area contributed by atoms with Crippen LogP contribution in [-0.4, -0.2) is 37.9 Å². The molecule has 0 aliphatic carbocycles. The van der Waals surface area contributed by atoms with Gasteiger partial charge in [0.05, 0.1) is 17.9 Å². The lowest BCUT2D eigenvalue weighted by molar-refractivity contribution is -0.309. The van der Waals surface area contributed by atoms with Gasteiger partial charge in [-0.15, -0.1) is 0 Å². The summed E-state index contributed by atoms with van der Waals surface area (Å²) in [6.07, 6.45) is 2.60. The topological polar surface area (TPSA) is 132 Å². The zero-order chi connectivity index (χ0) is 18.7. The maximum absolute atomic E-state index is 12.8. The lowest BCUT2D eigenvalue weighted by Gasteiger charge is -2.12. The van der Waals surface area contributed by atoms with E-state index in [-0.39, 0.29) is 17.2 Å². The van der Waals surface area contributed by atoms with Crippen molar-refractivity contribution in [3.05, 3.63) is 63.1 Å². The average molecular weight is 354 g/mol. The molecule has 26 heavy (non-hydrogen) atoms. The Morgan fingerprint density at radius 2 is 2.00 bits per heavy atom. The SMILES string of the molecule is Cn1cc(/C=N/OCC(=O)[O-])nc2c(=O)n(-c3ccccc3)c(=O)nc1-2. The zero-order valence-corrected chi connectivity index (χ0v) is 13.5. The van der Waals surface area contributed by atoms with Gasteiger partial charge in [-0.1, -0.05) is 23.4 Å². The van der Waals surface area contributed by atoms with Crippen molar-refractivity contribution in [3.63, 3.8) is 0 Å². The van der Waals surface area contributed by atoms with Crippen molar-refractivity contribution >= 4 is 12.2 Å². The van der Waals surface area contributed by atoms with E-state index in [4.69, 9.17) is 0 Å². The second-order valence-electron chi connectivity index (χ2n) is 5.20. The summed E-state index contributed by atoms with van der Waals surface area (Å²) < 4.78 is 2.36. The number of oxime groups is 1. The number of carbonyl (C=O) groups is 1. The van der Waals surface area contributed by atoms with Crippen LogP contribution in [0.4, 0.5) is 0 Å². The Balaban J connectivity index is 2.12. The number of para-hydroxylation sites is 1. The largest absolute Gasteiger partial charge is 0.546 e. The molecule has 1 aromatic rings. The number of aliphatic carboxylic acids is 1. The van der Waals surface area contributed by atoms with Crippen molar-refractivity contribution in [2.75, 3.05) is 6.61 Å². The molecule has 2 aliphatic heterocycles. The summed E-state index contributed by atoms with van der Waals surface area (Å²) >= 11 is 0. The fourth-order valence-corrected chi connectivity index (χ4v) is 2.29. The summed E-state index contributed by atoms with van der Waals surface area (Å²) in [5.41, 5.74) is -0.800. The second kappa shape index (κ2) is 6.97. The van der Waals surface area contributed by atoms with Gasteiger partial charge in [0.2, 0.25) is 0 Å². The number of nitrogens with zero attached hydrogens (tertiary/aromatic N) is 5. The third-order valence-electron chi connectivity index (χ3n) is 3.37. The number of aromatic nitrogens is 4. The third-order valence-corrected chi connectivity index (χ3v) is 3.37. The van der Waals surface area contributed by atoms with E-state index in [0.29, 0.717) is 5.69 Å². The number of benzene rings is 1. The highest BCUT2D eigenvalue weighted by molar-refractivity contribution is 5.77. The number of fused-ring (bicyclic) bond motifs is 1. The van der Waals surface area contributed by atoms with Crippen molar-refractivity contribution < 1.29 is 14.7 Å². The summed E-state index contributed by atoms with van der Waals surface area (Å²) in [4.78, 5) is 47.9. The van der Waals surface area contributed by atoms with Gasteiger partial charge in [-0.25, -0.2) is 14.3 Å². The van der Waals surface area contributed by atoms with Crippen molar-refractivity contribution in [3.8, 4) is 17.2 Å². The first-order valence-corrected chi connectivity index (χ1v) is 7.38. The number of carbonyl (C=O) groups excluding carboxylic acids is 1. The molecule has 0 fully saturated rings. The molecule has 0 saturated heterocycles. The molecule has 10 heteroatoms. The number of carboxylic acid groups (broad SMARTS) is 1. The Morgan fingerprint density at radius 3 is 2.69 bits per heavy atom. The van der Waals surface area contributed by atoms with E-state index in [1.807, 2.05) is 0 Å². The van der Waals surface area contributed by atoms with Crippen LogP contribution in [0.1, 0.15) is 5.69 Å². The molecule has 10 nitrogen and oxygen atoms in total. The van der Waals surface area contributed by atoms with E-state index in [2.05, 4.69) is 20.0 Å². The van der Waals surface area contributed by atoms with Crippen molar-refractivity contribution in [2.24, 2.45) is 12.2 Å². The Bertz CT molecular complexity index is 1070. The van der Waals surface area contributed by atoms with E-state index in [1.165, 1.54) is 10.8 Å². The van der Waals surface area contributed by atoms with E-state index in [9.17, 15) is 19.5 Å². The molecule has 0 radical (unpaired) electrons. The van der Waals surface area contributed by atoms with Crippen LogP contribution in [0.5, 0.6) is 0 Å². The first-order chi connectivity index (χ1) is 12.5. The van der Waals surface area contributed by atoms with Gasteiger partial charge in [0.1, 0.15) is 5.69 Å². The lowest BCUT2D eigenvalue weighted by atomic mass is 10.3. The van der Waals surface area contributed by atoms with Gasteiger partial charge in [0.25, 0.3) is 5.56 Å². The van der Waals surface area contributed by atoms with Gasteiger partial charge >= 0.3 is 5.69 Å². The van der Waals surface area contributed by atoms with Crippen LogP contribution < -0.4 is 16.4 Å². The molecule has 0 amide bonds. The van der Waals surface area contributed by atoms with Gasteiger partial charge in [0, 0.05) is 13.2 Å². The smallest absolute Gasteiger partial charge is 0.357 e. The Morgan fingerprint density at radius 1 is 1.27 bits per heavy atom. The Kier molecular flexibility index (Phi) is 4.56. The highest BCUT2D eigenvalue weighted by Crippen LogP contribution is 2.11. The number of hydrogen-bond donors (Lipinski definition) is 0. The molecule has 0 aromatic heterocycles. The average Bonchev–Trinajstić information content (AvgIpc) is 2.61. The third kappa shape index (κ3) is 3.34. The fraction of sp³-hybridized carbons (Fsp3) is 0.125. The van der Waals surface area contributed by atoms with Crippen LogP contribution in [0.3, 0.4) is 0 Å². The second-order valence-corrected chi connectivity index (χ2v) is 5.20. The summed E-state index contributed by atoms with van der Waals surface area (Å²) in [6.45, 7) is -0.710. The van der Waals surface area contributed by atoms with Gasteiger partial charge < -0.3 is 19.3 Å². The van der Waals surface area contributed by atoms with E-state index in [0.717, 1.165) is 10.8 Å². The highest BCUT2D eigenvalue weighted by Gasteiger charge is 2.19. The molecule has 2 heterocycles. The number of aryl methyl sites for hydroxylation is 1. The van der Waals surface area contributed by atoms with Gasteiger partial charge in [-0.3, -0.25) is 4.79 Å². The predicted octanol–water partition coefficient (Wildman–Crippen LogP) is -1.47. The Hall–Kier alpha value is -3.82. The number of rotatable bonds is 5. The van der Waals surface area contributed by atoms with Crippen LogP contribution in [0.15, 0.2) is 51.3 Å². The van der Waals surface area contributed by atoms with Crippen LogP contribution in [0, 0.1) is 0 Å². The van der Waals surface area contributed by atoms with E-state index < -0.39 is 23.8 Å². The highest BCUT2D eigenvalue weighted by atomic mass is 16.6. The first kappa shape index (κ1) is 17.0. The maximum atomic E-state index is 12.8. The maximum Gasteiger partial charge on any atom is 0.357 e. The van der Waals surface area contributed by atoms with Gasteiger partial charge in [-0.2, -0.15) is 4.98 Å². The fourth-order valence-electron chi connectivity index (χ4n) is 2.29. The van der Waals surface area contributed by atoms with Crippen LogP contribution in [0.2, 0.25) is 0 Å². The molecule has 0 saturated carbocycles. The van der Waals surface area contributed by atoms with Crippen molar-refractivity contribution in [1.82, 2.24) is 19.1 Å². The number of carboxylic acids is 1. The van der Waals surface area contributed by atoms with Crippen molar-refractivity contribution in [1.29, 1.82) is 0 Å². The molecule has 0 unspecified atom stereocenters. The minimum Gasteiger partial charge on any atom is -0.546 e. The molecule has 0 spiro atoms. The van der Waals surface area contributed by atoms with Crippen LogP contribution >= 0.6 is 0 Å². The van der Waals surface area contributed by atoms with Crippen LogP contribution in [0.25, 0.3) is 17.2 Å². The quantitative estimate of drug-likeness (QED) is 0.404. The summed E-state index contributed by atoms with van der Waals surface area (Å²) in [5.74, 6) is -1.31. The summed E-state index contributed by atoms with van der Waals surface area (Å²) in [5, 5.41) is 13.7. The van der Waals surface area contributed by atoms with E-state index >= 15 is 0 Å². The predicted molar refractivity (Wildman–Crippen MR) is 88.0 cm³/mol. The molecular weight excluding hydrogens is 342 g/mol. The number of hydrogen-bond acceptors (Lipinski definition) is 8. The van der Waals surface area contributed by atoms with Crippen LogP contribution in [-0.2, 0) is 16.7 Å². The zero-order valence-electron chi connectivity index (χ0n) is 13.5. The lowest BCUT2D eigenvalue weighted by Crippen LogP contribution is -2.37. The summed E-state index contributed by atoms with van der Waals surface area (Å²) in [7, 11) is 1.59. The van der Waals surface area contributed by atoms with E-state index in [1.54, 1.807) is 37.4 Å². The molecule has 132 valence electrons. The monoisotopic (exact) mass is 354 g/mol. The Labute approximate surface area is 146 Å². The minimum absolute atomic E-state index is 0.0418. The first-order valence-electron chi connectivity index (χ1n) is 7.38. The molecule has 1 aromatic carbocycles. The van der Waals surface area contributed by atoms with Gasteiger partial charge in [0.15, 0.2) is 18.1 Å². The molecule has 0 atom stereocenters. The molecule has 0 bridgehead atoms. The minimum atomic E-state index is -1.42. The molecule has 0 N–H and O–H groups in total. The molecule has 2 aliphatic rings.